The molecule has 1 unspecified atom stereocenters. The zero-order chi connectivity index (χ0) is 8.55. The summed E-state index contributed by atoms with van der Waals surface area (Å²) in [5, 5.41) is 3.96. The molecule has 1 heteroatoms. The number of fused-ring (bicyclic) bond motifs is 1. The van der Waals surface area contributed by atoms with Crippen molar-refractivity contribution in [2.75, 3.05) is 0 Å². The molecule has 0 aliphatic rings. The fraction of sp³-hybridized carbons (Fsp3) is 0.0909. The average Bonchev–Trinajstić information content (AvgIpc) is 2.07. The van der Waals surface area contributed by atoms with Crippen molar-refractivity contribution in [3.8, 4) is 0 Å². The SMILES string of the molecule is Cc1cccc2c(P)cccc12. The van der Waals surface area contributed by atoms with Crippen LogP contribution in [0.1, 0.15) is 5.56 Å². The summed E-state index contributed by atoms with van der Waals surface area (Å²) in [6.45, 7) is 2.15. The highest BCUT2D eigenvalue weighted by molar-refractivity contribution is 7.28. The Labute approximate surface area is 74.8 Å². The van der Waals surface area contributed by atoms with Gasteiger partial charge in [-0.1, -0.05) is 36.4 Å². The molecule has 0 amide bonds. The van der Waals surface area contributed by atoms with Crippen molar-refractivity contribution in [1.29, 1.82) is 0 Å². The number of aryl methyl sites for hydroxylation is 1. The first-order chi connectivity index (χ1) is 5.79. The van der Waals surface area contributed by atoms with Crippen molar-refractivity contribution in [2.45, 2.75) is 6.92 Å². The molecule has 0 bridgehead atoms. The number of hydrogen-bond donors (Lipinski definition) is 0. The van der Waals surface area contributed by atoms with Crippen LogP contribution in [0.5, 0.6) is 0 Å². The first kappa shape index (κ1) is 7.76. The maximum Gasteiger partial charge on any atom is -0.0110 e. The largest absolute Gasteiger partial charge is 0.105 e. The summed E-state index contributed by atoms with van der Waals surface area (Å²) in [4.78, 5) is 0. The van der Waals surface area contributed by atoms with Gasteiger partial charge in [-0.2, -0.15) is 0 Å². The highest BCUT2D eigenvalue weighted by atomic mass is 31.0. The predicted octanol–water partition coefficient (Wildman–Crippen LogP) is 2.65. The number of rotatable bonds is 0. The second-order valence-corrected chi connectivity index (χ2v) is 3.64. The maximum absolute atomic E-state index is 2.77. The van der Waals surface area contributed by atoms with E-state index in [1.54, 1.807) is 0 Å². The van der Waals surface area contributed by atoms with E-state index >= 15 is 0 Å². The lowest BCUT2D eigenvalue weighted by Gasteiger charge is -2.03. The number of hydrogen-bond acceptors (Lipinski definition) is 0. The molecule has 0 N–H and O–H groups in total. The van der Waals surface area contributed by atoms with E-state index in [2.05, 4.69) is 52.6 Å². The van der Waals surface area contributed by atoms with Crippen LogP contribution in [0.25, 0.3) is 10.8 Å². The second-order valence-electron chi connectivity index (χ2n) is 3.02. The highest BCUT2D eigenvalue weighted by Gasteiger charge is 1.96. The Balaban J connectivity index is 2.94. The van der Waals surface area contributed by atoms with Crippen LogP contribution in [-0.4, -0.2) is 0 Å². The van der Waals surface area contributed by atoms with Gasteiger partial charge in [0, 0.05) is 0 Å². The van der Waals surface area contributed by atoms with Crippen LogP contribution in [0, 0.1) is 6.92 Å². The Bertz CT molecular complexity index is 377. The summed E-state index contributed by atoms with van der Waals surface area (Å²) >= 11 is 0. The van der Waals surface area contributed by atoms with Gasteiger partial charge in [-0.05, 0) is 28.6 Å². The fourth-order valence-corrected chi connectivity index (χ4v) is 1.85. The average molecular weight is 174 g/mol. The smallest absolute Gasteiger partial charge is 0.0110 e. The lowest BCUT2D eigenvalue weighted by molar-refractivity contribution is 1.54. The van der Waals surface area contributed by atoms with E-state index in [0.29, 0.717) is 0 Å². The molecule has 2 aromatic carbocycles. The molecule has 0 aromatic heterocycles. The molecule has 12 heavy (non-hydrogen) atoms. The van der Waals surface area contributed by atoms with Gasteiger partial charge in [-0.3, -0.25) is 0 Å². The van der Waals surface area contributed by atoms with Crippen LogP contribution in [-0.2, 0) is 0 Å². The molecule has 0 fully saturated rings. The molecule has 0 nitrogen and oxygen atoms in total. The van der Waals surface area contributed by atoms with Crippen molar-refractivity contribution in [1.82, 2.24) is 0 Å². The predicted molar refractivity (Wildman–Crippen MR) is 58.0 cm³/mol. The minimum atomic E-state index is 1.27. The normalized spacial score (nSPS) is 10.5. The van der Waals surface area contributed by atoms with E-state index < -0.39 is 0 Å². The molecule has 0 saturated heterocycles. The van der Waals surface area contributed by atoms with E-state index in [1.807, 2.05) is 0 Å². The molecule has 0 spiro atoms. The van der Waals surface area contributed by atoms with Crippen molar-refractivity contribution in [2.24, 2.45) is 0 Å². The molecule has 2 rings (SSSR count). The minimum Gasteiger partial charge on any atom is -0.105 e. The van der Waals surface area contributed by atoms with Crippen LogP contribution in [0.2, 0.25) is 0 Å². The summed E-state index contributed by atoms with van der Waals surface area (Å²) in [5.74, 6) is 0. The molecular weight excluding hydrogens is 163 g/mol. The molecule has 0 aliphatic carbocycles. The van der Waals surface area contributed by atoms with Gasteiger partial charge >= 0.3 is 0 Å². The van der Waals surface area contributed by atoms with Crippen molar-refractivity contribution in [3.05, 3.63) is 42.0 Å². The van der Waals surface area contributed by atoms with E-state index in [-0.39, 0.29) is 0 Å². The van der Waals surface area contributed by atoms with Gasteiger partial charge in [0.1, 0.15) is 0 Å². The minimum absolute atomic E-state index is 1.27. The fourth-order valence-electron chi connectivity index (χ4n) is 1.49. The Morgan fingerprint density at radius 2 is 1.58 bits per heavy atom. The third-order valence-corrected chi connectivity index (χ3v) is 2.68. The summed E-state index contributed by atoms with van der Waals surface area (Å²) in [6.07, 6.45) is 0. The van der Waals surface area contributed by atoms with Gasteiger partial charge in [0.25, 0.3) is 0 Å². The topological polar surface area (TPSA) is 0 Å². The molecule has 2 aromatic rings. The third-order valence-electron chi connectivity index (χ3n) is 2.17. The molecule has 0 aliphatic heterocycles. The van der Waals surface area contributed by atoms with Crippen LogP contribution < -0.4 is 5.30 Å². The van der Waals surface area contributed by atoms with Crippen molar-refractivity contribution in [3.63, 3.8) is 0 Å². The summed E-state index contributed by atoms with van der Waals surface area (Å²) < 4.78 is 0. The van der Waals surface area contributed by atoms with E-state index in [0.717, 1.165) is 0 Å². The zero-order valence-corrected chi connectivity index (χ0v) is 8.20. The molecule has 0 radical (unpaired) electrons. The van der Waals surface area contributed by atoms with Crippen LogP contribution in [0.4, 0.5) is 0 Å². The van der Waals surface area contributed by atoms with Gasteiger partial charge in [-0.25, -0.2) is 0 Å². The van der Waals surface area contributed by atoms with E-state index in [9.17, 15) is 0 Å². The first-order valence-corrected chi connectivity index (χ1v) is 4.60. The van der Waals surface area contributed by atoms with Gasteiger partial charge in [0.2, 0.25) is 0 Å². The van der Waals surface area contributed by atoms with Crippen molar-refractivity contribution < 1.29 is 0 Å². The first-order valence-electron chi connectivity index (χ1n) is 4.03. The molecule has 60 valence electrons. The van der Waals surface area contributed by atoms with Gasteiger partial charge in [0.05, 0.1) is 0 Å². The van der Waals surface area contributed by atoms with Crippen molar-refractivity contribution >= 4 is 25.3 Å². The third kappa shape index (κ3) is 1.13. The second kappa shape index (κ2) is 2.88. The number of benzene rings is 2. The highest BCUT2D eigenvalue weighted by Crippen LogP contribution is 2.17. The molecule has 1 atom stereocenters. The summed E-state index contributed by atoms with van der Waals surface area (Å²) in [7, 11) is 2.77. The Hall–Kier alpha value is -0.870. The van der Waals surface area contributed by atoms with E-state index in [1.165, 1.54) is 21.6 Å². The van der Waals surface area contributed by atoms with Gasteiger partial charge < -0.3 is 0 Å². The van der Waals surface area contributed by atoms with Crippen LogP contribution in [0.3, 0.4) is 0 Å². The lowest BCUT2D eigenvalue weighted by atomic mass is 10.1. The monoisotopic (exact) mass is 174 g/mol. The maximum atomic E-state index is 2.77. The molecule has 0 saturated carbocycles. The summed E-state index contributed by atoms with van der Waals surface area (Å²) in [5.41, 5.74) is 1.34. The summed E-state index contributed by atoms with van der Waals surface area (Å²) in [6, 6.07) is 12.8. The Morgan fingerprint density at radius 1 is 0.917 bits per heavy atom. The van der Waals surface area contributed by atoms with Gasteiger partial charge in [0.15, 0.2) is 0 Å². The van der Waals surface area contributed by atoms with Gasteiger partial charge in [-0.15, -0.1) is 9.24 Å². The molecular formula is C11H11P. The molecule has 0 heterocycles. The standard InChI is InChI=1S/C11H11P/c1-8-4-2-6-10-9(8)5-3-7-11(10)12/h2-7H,12H2,1H3. The Kier molecular flexibility index (Phi) is 1.86. The van der Waals surface area contributed by atoms with Crippen LogP contribution >= 0.6 is 9.24 Å². The quantitative estimate of drug-likeness (QED) is 0.538. The lowest BCUT2D eigenvalue weighted by Crippen LogP contribution is -1.92. The zero-order valence-electron chi connectivity index (χ0n) is 7.04. The van der Waals surface area contributed by atoms with Crippen LogP contribution in [0.15, 0.2) is 36.4 Å². The van der Waals surface area contributed by atoms with E-state index in [4.69, 9.17) is 0 Å². The Morgan fingerprint density at radius 3 is 2.33 bits per heavy atom.